The Labute approximate surface area is 176 Å². The van der Waals surface area contributed by atoms with E-state index < -0.39 is 11.7 Å². The second-order valence-corrected chi connectivity index (χ2v) is 8.13. The molecule has 0 spiro atoms. The summed E-state index contributed by atoms with van der Waals surface area (Å²) in [6.07, 6.45) is -4.43. The van der Waals surface area contributed by atoms with Gasteiger partial charge in [-0.2, -0.15) is 13.2 Å². The number of halogens is 3. The molecule has 30 heavy (non-hydrogen) atoms. The molecule has 2 aromatic rings. The molecule has 2 N–H and O–H groups in total. The molecule has 0 aromatic heterocycles. The Bertz CT molecular complexity index is 851. The smallest absolute Gasteiger partial charge is 0.416 e. The highest BCUT2D eigenvalue weighted by Crippen LogP contribution is 2.33. The van der Waals surface area contributed by atoms with Gasteiger partial charge in [-0.15, -0.1) is 0 Å². The van der Waals surface area contributed by atoms with E-state index >= 15 is 0 Å². The fraction of sp³-hybridized carbons (Fsp3) is 0.478. The minimum absolute atomic E-state index is 0.0510. The van der Waals surface area contributed by atoms with Gasteiger partial charge in [0.1, 0.15) is 12.4 Å². The highest BCUT2D eigenvalue weighted by atomic mass is 19.4. The number of nitrogens with two attached hydrogens (primary N) is 1. The zero-order valence-corrected chi connectivity index (χ0v) is 17.9. The zero-order valence-electron chi connectivity index (χ0n) is 17.9. The van der Waals surface area contributed by atoms with Gasteiger partial charge in [-0.3, -0.25) is 9.80 Å². The summed E-state index contributed by atoms with van der Waals surface area (Å²) in [6.45, 7) is 12.2. The normalized spacial score (nSPS) is 16.1. The Morgan fingerprint density at radius 3 is 2.10 bits per heavy atom. The fourth-order valence-electron chi connectivity index (χ4n) is 4.02. The van der Waals surface area contributed by atoms with Gasteiger partial charge >= 0.3 is 6.18 Å². The van der Waals surface area contributed by atoms with E-state index in [1.807, 2.05) is 0 Å². The lowest BCUT2D eigenvalue weighted by molar-refractivity contribution is -0.137. The lowest BCUT2D eigenvalue weighted by Crippen LogP contribution is -2.47. The van der Waals surface area contributed by atoms with E-state index in [0.717, 1.165) is 44.9 Å². The number of rotatable bonds is 6. The summed E-state index contributed by atoms with van der Waals surface area (Å²) in [6, 6.07) is 7.82. The average molecular weight is 422 g/mol. The summed E-state index contributed by atoms with van der Waals surface area (Å²) in [4.78, 5) is 4.73. The van der Waals surface area contributed by atoms with Crippen molar-refractivity contribution in [1.29, 1.82) is 0 Å². The molecule has 0 amide bonds. The van der Waals surface area contributed by atoms with Crippen molar-refractivity contribution in [3.05, 3.63) is 58.1 Å². The Morgan fingerprint density at radius 1 is 0.900 bits per heavy atom. The van der Waals surface area contributed by atoms with Crippen molar-refractivity contribution in [1.82, 2.24) is 9.80 Å². The number of nitrogen functional groups attached to an aromatic ring is 1. The first kappa shape index (κ1) is 22.4. The molecule has 1 fully saturated rings. The molecular formula is C23H30F3N3O. The average Bonchev–Trinajstić information content (AvgIpc) is 2.65. The summed E-state index contributed by atoms with van der Waals surface area (Å²) in [7, 11) is 0. The van der Waals surface area contributed by atoms with Crippen LogP contribution < -0.4 is 10.5 Å². The minimum atomic E-state index is -4.43. The molecular weight excluding hydrogens is 391 g/mol. The van der Waals surface area contributed by atoms with E-state index in [4.69, 9.17) is 10.5 Å². The third kappa shape index (κ3) is 5.89. The van der Waals surface area contributed by atoms with Crippen LogP contribution in [0.15, 0.2) is 30.3 Å². The zero-order chi connectivity index (χ0) is 21.9. The van der Waals surface area contributed by atoms with Crippen molar-refractivity contribution in [3.8, 4) is 5.75 Å². The van der Waals surface area contributed by atoms with Crippen LogP contribution in [0.1, 0.15) is 27.8 Å². The molecule has 2 aromatic carbocycles. The number of alkyl halides is 3. The van der Waals surface area contributed by atoms with E-state index in [-0.39, 0.29) is 11.4 Å². The Morgan fingerprint density at radius 2 is 1.50 bits per heavy atom. The van der Waals surface area contributed by atoms with E-state index in [1.54, 1.807) is 0 Å². The van der Waals surface area contributed by atoms with Gasteiger partial charge in [-0.05, 0) is 49.6 Å². The molecule has 0 saturated carbocycles. The number of aryl methyl sites for hydroxylation is 3. The predicted molar refractivity (Wildman–Crippen MR) is 114 cm³/mol. The van der Waals surface area contributed by atoms with Gasteiger partial charge < -0.3 is 10.5 Å². The van der Waals surface area contributed by atoms with Crippen LogP contribution in [0.4, 0.5) is 18.9 Å². The van der Waals surface area contributed by atoms with Crippen molar-refractivity contribution < 1.29 is 17.9 Å². The first-order valence-electron chi connectivity index (χ1n) is 10.2. The molecule has 0 radical (unpaired) electrons. The maximum atomic E-state index is 12.9. The van der Waals surface area contributed by atoms with Gasteiger partial charge in [0.25, 0.3) is 0 Å². The first-order chi connectivity index (χ1) is 14.1. The molecule has 3 rings (SSSR count). The number of nitrogens with zero attached hydrogens (tertiary/aromatic N) is 2. The predicted octanol–water partition coefficient (Wildman–Crippen LogP) is 4.41. The van der Waals surface area contributed by atoms with Gasteiger partial charge in [-0.1, -0.05) is 17.7 Å². The van der Waals surface area contributed by atoms with Crippen LogP contribution in [0.25, 0.3) is 0 Å². The lowest BCUT2D eigenvalue weighted by atomic mass is 9.99. The molecule has 0 aliphatic carbocycles. The molecule has 1 aliphatic heterocycles. The lowest BCUT2D eigenvalue weighted by Gasteiger charge is -2.35. The molecule has 0 bridgehead atoms. The highest BCUT2D eigenvalue weighted by Gasteiger charge is 2.31. The largest absolute Gasteiger partial charge is 0.492 e. The van der Waals surface area contributed by atoms with Gasteiger partial charge in [0, 0.05) is 51.0 Å². The molecule has 164 valence electrons. The summed E-state index contributed by atoms with van der Waals surface area (Å²) < 4.78 is 44.3. The highest BCUT2D eigenvalue weighted by molar-refractivity contribution is 5.48. The monoisotopic (exact) mass is 421 g/mol. The third-order valence-electron chi connectivity index (χ3n) is 5.62. The minimum Gasteiger partial charge on any atom is -0.492 e. The van der Waals surface area contributed by atoms with Crippen LogP contribution in [-0.4, -0.2) is 49.1 Å². The van der Waals surface area contributed by atoms with Gasteiger partial charge in [0.15, 0.2) is 0 Å². The number of hydrogen-bond acceptors (Lipinski definition) is 4. The van der Waals surface area contributed by atoms with Crippen molar-refractivity contribution >= 4 is 5.69 Å². The van der Waals surface area contributed by atoms with Crippen molar-refractivity contribution in [2.75, 3.05) is 45.1 Å². The SMILES string of the molecule is Cc1cc(C)c(CN2CCN(CCOc3cc(N)cc(C(F)(F)F)c3)CC2)c(C)c1. The van der Waals surface area contributed by atoms with E-state index in [9.17, 15) is 13.2 Å². The number of benzene rings is 2. The summed E-state index contributed by atoms with van der Waals surface area (Å²) >= 11 is 0. The maximum absolute atomic E-state index is 12.9. The first-order valence-corrected chi connectivity index (χ1v) is 10.2. The molecule has 1 heterocycles. The molecule has 7 heteroatoms. The van der Waals surface area contributed by atoms with E-state index in [2.05, 4.69) is 42.7 Å². The summed E-state index contributed by atoms with van der Waals surface area (Å²) in [5, 5.41) is 0. The van der Waals surface area contributed by atoms with Crippen LogP contribution in [0, 0.1) is 20.8 Å². The second kappa shape index (κ2) is 9.27. The summed E-state index contributed by atoms with van der Waals surface area (Å²) in [5.74, 6) is 0.159. The molecule has 1 saturated heterocycles. The standard InChI is InChI=1S/C23H30F3N3O/c1-16-10-17(2)22(18(3)11-16)15-29-6-4-28(5-7-29)8-9-30-21-13-19(23(24,25)26)12-20(27)14-21/h10-14H,4-9,15,27H2,1-3H3. The fourth-order valence-corrected chi connectivity index (χ4v) is 4.02. The maximum Gasteiger partial charge on any atom is 0.416 e. The van der Waals surface area contributed by atoms with E-state index in [0.29, 0.717) is 13.2 Å². The Kier molecular flexibility index (Phi) is 6.93. The Hall–Kier alpha value is -2.25. The number of anilines is 1. The molecule has 0 unspecified atom stereocenters. The molecule has 1 aliphatic rings. The topological polar surface area (TPSA) is 41.7 Å². The second-order valence-electron chi connectivity index (χ2n) is 8.13. The van der Waals surface area contributed by atoms with Crippen molar-refractivity contribution in [2.45, 2.75) is 33.5 Å². The van der Waals surface area contributed by atoms with Crippen molar-refractivity contribution in [3.63, 3.8) is 0 Å². The van der Waals surface area contributed by atoms with Gasteiger partial charge in [0.05, 0.1) is 5.56 Å². The quantitative estimate of drug-likeness (QED) is 0.702. The van der Waals surface area contributed by atoms with Gasteiger partial charge in [-0.25, -0.2) is 0 Å². The van der Waals surface area contributed by atoms with Crippen LogP contribution in [0.2, 0.25) is 0 Å². The van der Waals surface area contributed by atoms with Crippen LogP contribution in [0.5, 0.6) is 5.75 Å². The Balaban J connectivity index is 1.46. The van der Waals surface area contributed by atoms with Crippen LogP contribution in [0.3, 0.4) is 0 Å². The third-order valence-corrected chi connectivity index (χ3v) is 5.62. The molecule has 4 nitrogen and oxygen atoms in total. The molecule has 0 atom stereocenters. The van der Waals surface area contributed by atoms with Crippen LogP contribution >= 0.6 is 0 Å². The van der Waals surface area contributed by atoms with E-state index in [1.165, 1.54) is 28.3 Å². The van der Waals surface area contributed by atoms with Crippen LogP contribution in [-0.2, 0) is 12.7 Å². The van der Waals surface area contributed by atoms with Gasteiger partial charge in [0.2, 0.25) is 0 Å². The van der Waals surface area contributed by atoms with Crippen molar-refractivity contribution in [2.24, 2.45) is 0 Å². The number of ether oxygens (including phenoxy) is 1. The number of hydrogen-bond donors (Lipinski definition) is 1. The summed E-state index contributed by atoms with van der Waals surface area (Å²) in [5.41, 5.74) is 10.2. The number of piperazine rings is 1.